The van der Waals surface area contributed by atoms with Gasteiger partial charge in [-0.3, -0.25) is 4.79 Å². The lowest BCUT2D eigenvalue weighted by molar-refractivity contribution is -0.141. The number of nitrogens with zero attached hydrogens (tertiary/aromatic N) is 1. The standard InChI is InChI=1S/C13H26N2O5/c1-11(12(16)17)5-4-6-14-13(18)15(7-9-19-2)8-10-20-3/h11H,4-10H2,1-3H3,(H,14,18)(H,16,17). The third-order valence-electron chi connectivity index (χ3n) is 2.93. The highest BCUT2D eigenvalue weighted by molar-refractivity contribution is 5.74. The summed E-state index contributed by atoms with van der Waals surface area (Å²) in [6.07, 6.45) is 1.19. The average Bonchev–Trinajstić information content (AvgIpc) is 2.43. The van der Waals surface area contributed by atoms with Crippen LogP contribution in [-0.2, 0) is 14.3 Å². The predicted molar refractivity (Wildman–Crippen MR) is 74.8 cm³/mol. The van der Waals surface area contributed by atoms with Gasteiger partial charge < -0.3 is 24.8 Å². The Bertz CT molecular complexity index is 278. The number of carboxylic acids is 1. The van der Waals surface area contributed by atoms with Gasteiger partial charge in [0.25, 0.3) is 0 Å². The number of rotatable bonds is 11. The summed E-state index contributed by atoms with van der Waals surface area (Å²) in [6, 6.07) is -0.179. The van der Waals surface area contributed by atoms with Gasteiger partial charge in [-0.1, -0.05) is 6.92 Å². The van der Waals surface area contributed by atoms with E-state index in [1.165, 1.54) is 0 Å². The molecule has 7 heteroatoms. The van der Waals surface area contributed by atoms with Gasteiger partial charge in [-0.15, -0.1) is 0 Å². The first-order chi connectivity index (χ1) is 9.52. The molecular formula is C13H26N2O5. The highest BCUT2D eigenvalue weighted by Gasteiger charge is 2.13. The van der Waals surface area contributed by atoms with Crippen LogP contribution in [0.4, 0.5) is 4.79 Å². The van der Waals surface area contributed by atoms with E-state index in [9.17, 15) is 9.59 Å². The molecule has 7 nitrogen and oxygen atoms in total. The molecule has 2 amide bonds. The van der Waals surface area contributed by atoms with Crippen LogP contribution in [0.5, 0.6) is 0 Å². The second-order valence-corrected chi connectivity index (χ2v) is 4.59. The summed E-state index contributed by atoms with van der Waals surface area (Å²) in [5.41, 5.74) is 0. The molecule has 1 unspecified atom stereocenters. The van der Waals surface area contributed by atoms with E-state index < -0.39 is 5.97 Å². The van der Waals surface area contributed by atoms with Crippen LogP contribution in [-0.4, -0.2) is 69.1 Å². The van der Waals surface area contributed by atoms with Gasteiger partial charge in [0.15, 0.2) is 0 Å². The van der Waals surface area contributed by atoms with Crippen molar-refractivity contribution in [3.63, 3.8) is 0 Å². The number of carbonyl (C=O) groups excluding carboxylic acids is 1. The summed E-state index contributed by atoms with van der Waals surface area (Å²) >= 11 is 0. The van der Waals surface area contributed by atoms with Crippen molar-refractivity contribution < 1.29 is 24.2 Å². The minimum absolute atomic E-state index is 0.179. The minimum atomic E-state index is -0.807. The summed E-state index contributed by atoms with van der Waals surface area (Å²) in [5, 5.41) is 11.5. The molecular weight excluding hydrogens is 264 g/mol. The van der Waals surface area contributed by atoms with Crippen molar-refractivity contribution in [1.82, 2.24) is 10.2 Å². The summed E-state index contributed by atoms with van der Waals surface area (Å²) in [4.78, 5) is 24.2. The molecule has 0 saturated heterocycles. The van der Waals surface area contributed by atoms with Gasteiger partial charge in [-0.25, -0.2) is 4.79 Å². The fraction of sp³-hybridized carbons (Fsp3) is 0.846. The van der Waals surface area contributed by atoms with Crippen LogP contribution in [0.1, 0.15) is 19.8 Å². The van der Waals surface area contributed by atoms with Crippen LogP contribution in [0, 0.1) is 5.92 Å². The van der Waals surface area contributed by atoms with E-state index >= 15 is 0 Å². The number of urea groups is 1. The molecule has 0 rings (SSSR count). The SMILES string of the molecule is COCCN(CCOC)C(=O)NCCCC(C)C(=O)O. The van der Waals surface area contributed by atoms with Crippen LogP contribution in [0.15, 0.2) is 0 Å². The fourth-order valence-corrected chi connectivity index (χ4v) is 1.56. The molecule has 0 aromatic heterocycles. The van der Waals surface area contributed by atoms with Crippen LogP contribution in [0.25, 0.3) is 0 Å². The van der Waals surface area contributed by atoms with Gasteiger partial charge in [0, 0.05) is 33.9 Å². The van der Waals surface area contributed by atoms with Crippen molar-refractivity contribution in [1.29, 1.82) is 0 Å². The summed E-state index contributed by atoms with van der Waals surface area (Å²) in [5.74, 6) is -1.19. The smallest absolute Gasteiger partial charge is 0.317 e. The maximum Gasteiger partial charge on any atom is 0.317 e. The molecule has 0 aliphatic rings. The summed E-state index contributed by atoms with van der Waals surface area (Å²) in [6.45, 7) is 4.05. The zero-order valence-electron chi connectivity index (χ0n) is 12.6. The van der Waals surface area contributed by atoms with Crippen molar-refractivity contribution in [3.05, 3.63) is 0 Å². The Morgan fingerprint density at radius 3 is 2.20 bits per heavy atom. The van der Waals surface area contributed by atoms with Crippen molar-refractivity contribution in [2.45, 2.75) is 19.8 Å². The molecule has 0 aromatic rings. The van der Waals surface area contributed by atoms with E-state index in [1.807, 2.05) is 0 Å². The zero-order valence-corrected chi connectivity index (χ0v) is 12.6. The topological polar surface area (TPSA) is 88.1 Å². The van der Waals surface area contributed by atoms with Gasteiger partial charge >= 0.3 is 12.0 Å². The van der Waals surface area contributed by atoms with Crippen molar-refractivity contribution >= 4 is 12.0 Å². The summed E-state index contributed by atoms with van der Waals surface area (Å²) < 4.78 is 9.92. The first-order valence-electron chi connectivity index (χ1n) is 6.76. The number of hydrogen-bond acceptors (Lipinski definition) is 4. The fourth-order valence-electron chi connectivity index (χ4n) is 1.56. The molecule has 2 N–H and O–H groups in total. The molecule has 118 valence electrons. The van der Waals surface area contributed by atoms with Crippen LogP contribution in [0.2, 0.25) is 0 Å². The molecule has 20 heavy (non-hydrogen) atoms. The molecule has 0 saturated carbocycles. The second-order valence-electron chi connectivity index (χ2n) is 4.59. The lowest BCUT2D eigenvalue weighted by atomic mass is 10.1. The van der Waals surface area contributed by atoms with Gasteiger partial charge in [-0.05, 0) is 12.8 Å². The number of aliphatic carboxylic acids is 1. The van der Waals surface area contributed by atoms with Gasteiger partial charge in [0.05, 0.1) is 19.1 Å². The van der Waals surface area contributed by atoms with E-state index in [1.54, 1.807) is 26.0 Å². The van der Waals surface area contributed by atoms with Gasteiger partial charge in [0.1, 0.15) is 0 Å². The Balaban J connectivity index is 3.95. The number of nitrogens with one attached hydrogen (secondary N) is 1. The van der Waals surface area contributed by atoms with E-state index in [0.717, 1.165) is 0 Å². The molecule has 0 bridgehead atoms. The van der Waals surface area contributed by atoms with Gasteiger partial charge in [-0.2, -0.15) is 0 Å². The minimum Gasteiger partial charge on any atom is -0.481 e. The molecule has 0 radical (unpaired) electrons. The van der Waals surface area contributed by atoms with Crippen molar-refractivity contribution in [2.75, 3.05) is 47.1 Å². The maximum absolute atomic E-state index is 11.9. The van der Waals surface area contributed by atoms with Crippen molar-refractivity contribution in [2.24, 2.45) is 5.92 Å². The molecule has 0 fully saturated rings. The van der Waals surface area contributed by atoms with E-state index in [0.29, 0.717) is 45.7 Å². The van der Waals surface area contributed by atoms with Crippen LogP contribution < -0.4 is 5.32 Å². The number of amides is 2. The number of carboxylic acid groups (broad SMARTS) is 1. The highest BCUT2D eigenvalue weighted by atomic mass is 16.5. The van der Waals surface area contributed by atoms with E-state index in [4.69, 9.17) is 14.6 Å². The highest BCUT2D eigenvalue weighted by Crippen LogP contribution is 2.04. The van der Waals surface area contributed by atoms with E-state index in [-0.39, 0.29) is 11.9 Å². The third-order valence-corrected chi connectivity index (χ3v) is 2.93. The maximum atomic E-state index is 11.9. The quantitative estimate of drug-likeness (QED) is 0.549. The lowest BCUT2D eigenvalue weighted by Gasteiger charge is -2.22. The molecule has 0 aromatic carbocycles. The second kappa shape index (κ2) is 11.5. The molecule has 1 atom stereocenters. The largest absolute Gasteiger partial charge is 0.481 e. The van der Waals surface area contributed by atoms with Crippen LogP contribution >= 0.6 is 0 Å². The third kappa shape index (κ3) is 8.71. The Kier molecular flexibility index (Phi) is 10.7. The van der Waals surface area contributed by atoms with Crippen molar-refractivity contribution in [3.8, 4) is 0 Å². The predicted octanol–water partition coefficient (Wildman–Crippen LogP) is 0.792. The average molecular weight is 290 g/mol. The number of methoxy groups -OCH3 is 2. The first-order valence-corrected chi connectivity index (χ1v) is 6.76. The number of ether oxygens (including phenoxy) is 2. The normalized spacial score (nSPS) is 11.9. The lowest BCUT2D eigenvalue weighted by Crippen LogP contribution is -2.43. The Labute approximate surface area is 120 Å². The number of carbonyl (C=O) groups is 2. The molecule has 0 spiro atoms. The number of hydrogen-bond donors (Lipinski definition) is 2. The Morgan fingerprint density at radius 2 is 1.75 bits per heavy atom. The first kappa shape index (κ1) is 18.7. The molecule has 0 aliphatic heterocycles. The summed E-state index contributed by atoms with van der Waals surface area (Å²) in [7, 11) is 3.17. The molecule has 0 aliphatic carbocycles. The zero-order chi connectivity index (χ0) is 15.4. The Morgan fingerprint density at radius 1 is 1.20 bits per heavy atom. The van der Waals surface area contributed by atoms with Crippen LogP contribution in [0.3, 0.4) is 0 Å². The van der Waals surface area contributed by atoms with E-state index in [2.05, 4.69) is 5.32 Å². The Hall–Kier alpha value is -1.34. The molecule has 0 heterocycles. The monoisotopic (exact) mass is 290 g/mol. The van der Waals surface area contributed by atoms with Gasteiger partial charge in [0.2, 0.25) is 0 Å².